The van der Waals surface area contributed by atoms with E-state index in [2.05, 4.69) is 20.9 Å². The van der Waals surface area contributed by atoms with Crippen LogP contribution in [-0.2, 0) is 14.8 Å². The molecule has 2 amide bonds. The molecule has 5 heterocycles. The number of pyridine rings is 1. The number of aromatic nitrogens is 4. The quantitative estimate of drug-likeness (QED) is 0.202. The Morgan fingerprint density at radius 3 is 2.56 bits per heavy atom. The van der Waals surface area contributed by atoms with Crippen molar-refractivity contribution in [3.05, 3.63) is 77.7 Å². The summed E-state index contributed by atoms with van der Waals surface area (Å²) in [5.41, 5.74) is 2.04. The lowest BCUT2D eigenvalue weighted by Gasteiger charge is -2.40. The van der Waals surface area contributed by atoms with Gasteiger partial charge >= 0.3 is 0 Å². The van der Waals surface area contributed by atoms with Crippen LogP contribution in [0.5, 0.6) is 0 Å². The van der Waals surface area contributed by atoms with Crippen LogP contribution in [0.15, 0.2) is 66.1 Å². The van der Waals surface area contributed by atoms with Gasteiger partial charge in [0.25, 0.3) is 15.9 Å². The molecule has 2 aliphatic heterocycles. The molecule has 12 nitrogen and oxygen atoms in total. The predicted octanol–water partition coefficient (Wildman–Crippen LogP) is 1.77. The third-order valence-electron chi connectivity index (χ3n) is 7.92. The van der Waals surface area contributed by atoms with E-state index in [1.165, 1.54) is 27.8 Å². The lowest BCUT2D eigenvalue weighted by Crippen LogP contribution is -2.57. The fourth-order valence-electron chi connectivity index (χ4n) is 5.61. The normalized spacial score (nSPS) is 17.7. The maximum Gasteiger partial charge on any atom is 0.292 e. The third kappa shape index (κ3) is 5.54. The maximum atomic E-state index is 13.7. The maximum absolute atomic E-state index is 13.7. The largest absolute Gasteiger partial charge is 0.618 e. The van der Waals surface area contributed by atoms with E-state index in [9.17, 15) is 23.2 Å². The summed E-state index contributed by atoms with van der Waals surface area (Å²) in [5, 5.41) is 12.8. The highest BCUT2D eigenvalue weighted by Gasteiger charge is 2.39. The van der Waals surface area contributed by atoms with Crippen molar-refractivity contribution >= 4 is 32.7 Å². The number of rotatable bonds is 6. The number of carbonyl (C=O) groups is 2. The second kappa shape index (κ2) is 11.5. The van der Waals surface area contributed by atoms with Crippen molar-refractivity contribution in [1.82, 2.24) is 29.1 Å². The number of hydrogen-bond donors (Lipinski definition) is 1. The molecule has 1 N–H and O–H groups in total. The van der Waals surface area contributed by atoms with Crippen LogP contribution in [0.3, 0.4) is 0 Å². The minimum atomic E-state index is -3.99. The van der Waals surface area contributed by atoms with Gasteiger partial charge < -0.3 is 20.0 Å². The van der Waals surface area contributed by atoms with Gasteiger partial charge in [-0.2, -0.15) is 9.04 Å². The molecule has 6 rings (SSSR count). The Kier molecular flexibility index (Phi) is 7.55. The number of benzene rings is 1. The van der Waals surface area contributed by atoms with E-state index < -0.39 is 22.0 Å². The Hall–Kier alpha value is -4.80. The average Bonchev–Trinajstić information content (AvgIpc) is 3.72. The van der Waals surface area contributed by atoms with Crippen LogP contribution in [0.2, 0.25) is 0 Å². The second-order valence-corrected chi connectivity index (χ2v) is 12.5. The first-order valence-electron chi connectivity index (χ1n) is 13.9. The Labute approximate surface area is 248 Å². The average molecular weight is 600 g/mol. The number of sulfonamides is 1. The third-order valence-corrected chi connectivity index (χ3v) is 9.71. The van der Waals surface area contributed by atoms with Crippen LogP contribution in [0.4, 0.5) is 0 Å². The van der Waals surface area contributed by atoms with Gasteiger partial charge in [-0.3, -0.25) is 9.59 Å². The van der Waals surface area contributed by atoms with E-state index >= 15 is 0 Å². The molecule has 0 aliphatic carbocycles. The number of fused-ring (bicyclic) bond motifs is 1. The number of amides is 2. The number of nitrogens with zero attached hydrogens (tertiary/aromatic N) is 6. The summed E-state index contributed by atoms with van der Waals surface area (Å²) in [6.07, 6.45) is 11.4. The van der Waals surface area contributed by atoms with Crippen LogP contribution < -0.4 is 4.73 Å². The van der Waals surface area contributed by atoms with Crippen LogP contribution in [-0.4, -0.2) is 88.1 Å². The summed E-state index contributed by atoms with van der Waals surface area (Å²) < 4.78 is 29.5. The first-order chi connectivity index (χ1) is 20.7. The van der Waals surface area contributed by atoms with E-state index in [4.69, 9.17) is 6.42 Å². The number of carbonyl (C=O) groups excluding carboxylic acids is 2. The van der Waals surface area contributed by atoms with Gasteiger partial charge in [-0.05, 0) is 43.2 Å². The van der Waals surface area contributed by atoms with Crippen LogP contribution >= 0.6 is 0 Å². The molecule has 0 radical (unpaired) electrons. The van der Waals surface area contributed by atoms with Gasteiger partial charge in [0.05, 0.1) is 11.6 Å². The van der Waals surface area contributed by atoms with Crippen molar-refractivity contribution in [1.29, 1.82) is 0 Å². The molecule has 1 atom stereocenters. The number of aromatic amines is 1. The van der Waals surface area contributed by atoms with Gasteiger partial charge in [0.2, 0.25) is 17.4 Å². The number of H-pyrrole nitrogens is 1. The Morgan fingerprint density at radius 2 is 1.84 bits per heavy atom. The molecule has 0 saturated carbocycles. The summed E-state index contributed by atoms with van der Waals surface area (Å²) in [4.78, 5) is 41.5. The van der Waals surface area contributed by atoms with Crippen LogP contribution in [0, 0.1) is 17.6 Å². The molecule has 220 valence electrons. The highest BCUT2D eigenvalue weighted by molar-refractivity contribution is 7.89. The van der Waals surface area contributed by atoms with E-state index in [0.29, 0.717) is 45.5 Å². The van der Waals surface area contributed by atoms with Crippen molar-refractivity contribution in [3.8, 4) is 23.6 Å². The molecule has 13 heteroatoms. The van der Waals surface area contributed by atoms with E-state index in [0.717, 1.165) is 12.8 Å². The van der Waals surface area contributed by atoms with Gasteiger partial charge in [-0.25, -0.2) is 18.4 Å². The summed E-state index contributed by atoms with van der Waals surface area (Å²) in [7, 11) is -3.99. The molecular weight excluding hydrogens is 570 g/mol. The molecule has 0 bridgehead atoms. The zero-order valence-corrected chi connectivity index (χ0v) is 24.0. The van der Waals surface area contributed by atoms with E-state index in [1.807, 2.05) is 0 Å². The van der Waals surface area contributed by atoms with Gasteiger partial charge in [-0.1, -0.05) is 5.92 Å². The molecular formula is C30H29N7O5S. The summed E-state index contributed by atoms with van der Waals surface area (Å²) in [5.74, 6) is 1.80. The van der Waals surface area contributed by atoms with Crippen molar-refractivity contribution < 1.29 is 22.7 Å². The fourth-order valence-corrected chi connectivity index (χ4v) is 7.09. The van der Waals surface area contributed by atoms with E-state index in [1.54, 1.807) is 47.4 Å². The number of terminal acetylenes is 1. The number of piperazine rings is 1. The van der Waals surface area contributed by atoms with Crippen LogP contribution in [0.25, 0.3) is 22.2 Å². The molecule has 0 spiro atoms. The van der Waals surface area contributed by atoms with E-state index in [-0.39, 0.29) is 42.8 Å². The molecule has 2 fully saturated rings. The summed E-state index contributed by atoms with van der Waals surface area (Å²) in [6.45, 7) is 1.27. The molecule has 3 aromatic heterocycles. The predicted molar refractivity (Wildman–Crippen MR) is 157 cm³/mol. The number of hydrogen-bond acceptors (Lipinski definition) is 7. The fraction of sp³-hybridized carbons (Fsp3) is 0.300. The summed E-state index contributed by atoms with van der Waals surface area (Å²) in [6, 6.07) is 10.9. The molecule has 43 heavy (non-hydrogen) atoms. The zero-order valence-electron chi connectivity index (χ0n) is 23.2. The van der Waals surface area contributed by atoms with Crippen molar-refractivity contribution in [3.63, 3.8) is 0 Å². The smallest absolute Gasteiger partial charge is 0.292 e. The molecule has 2 saturated heterocycles. The van der Waals surface area contributed by atoms with Gasteiger partial charge in [0, 0.05) is 80.1 Å². The summed E-state index contributed by atoms with van der Waals surface area (Å²) >= 11 is 0. The second-order valence-electron chi connectivity index (χ2n) is 10.6. The first kappa shape index (κ1) is 28.3. The van der Waals surface area contributed by atoms with Gasteiger partial charge in [-0.15, -0.1) is 6.42 Å². The number of nitrogens with one attached hydrogen (secondary N) is 1. The lowest BCUT2D eigenvalue weighted by atomic mass is 10.1. The van der Waals surface area contributed by atoms with Crippen LogP contribution in [0.1, 0.15) is 35.4 Å². The lowest BCUT2D eigenvalue weighted by molar-refractivity contribution is -0.593. The SMILES string of the molecule is C#Cc1ccc2[nH]c(S(=O)(=O)N3CCN(C(=O)c4ncc(-c5cccc[n+]5[O-])cn4)C(CC(=O)N4CCCC4)C3)cc2c1. The molecule has 1 unspecified atom stereocenters. The standard InChI is InChI=1S/C30H29N7O5S/c1-2-21-8-9-25-22(15-21)16-27(33-25)43(41,42)35-13-14-36(24(20-35)17-28(38)34-10-5-6-11-34)30(39)29-31-18-23(19-32-29)26-7-3-4-12-37(26)40/h1,3-4,7-9,12,15-16,18-19,24,33H,5-6,10-11,13-14,17,20H2. The van der Waals surface area contributed by atoms with Gasteiger partial charge in [0.15, 0.2) is 6.20 Å². The van der Waals surface area contributed by atoms with Crippen molar-refractivity contribution in [2.24, 2.45) is 0 Å². The van der Waals surface area contributed by atoms with Gasteiger partial charge in [0.1, 0.15) is 5.03 Å². The number of likely N-dealkylation sites (tertiary alicyclic amines) is 1. The Morgan fingerprint density at radius 1 is 1.07 bits per heavy atom. The minimum Gasteiger partial charge on any atom is -0.618 e. The highest BCUT2D eigenvalue weighted by atomic mass is 32.2. The Bertz CT molecular complexity index is 1840. The Balaban J connectivity index is 1.26. The topological polar surface area (TPSA) is 147 Å². The molecule has 1 aromatic carbocycles. The highest BCUT2D eigenvalue weighted by Crippen LogP contribution is 2.26. The minimum absolute atomic E-state index is 0.0107. The van der Waals surface area contributed by atoms with Crippen molar-refractivity contribution in [2.75, 3.05) is 32.7 Å². The molecule has 4 aromatic rings. The van der Waals surface area contributed by atoms with Crippen molar-refractivity contribution in [2.45, 2.75) is 30.3 Å². The molecule has 2 aliphatic rings. The first-order valence-corrected chi connectivity index (χ1v) is 15.4. The zero-order chi connectivity index (χ0) is 30.1. The monoisotopic (exact) mass is 599 g/mol.